The number of benzene rings is 2. The predicted molar refractivity (Wildman–Crippen MR) is 120 cm³/mol. The largest absolute Gasteiger partial charge is 0.376 e. The van der Waals surface area contributed by atoms with E-state index in [0.717, 1.165) is 47.4 Å². The third kappa shape index (κ3) is 3.91. The Labute approximate surface area is 187 Å². The average molecular weight is 431 g/mol. The van der Waals surface area contributed by atoms with E-state index < -0.39 is 0 Å². The van der Waals surface area contributed by atoms with Crippen molar-refractivity contribution in [3.63, 3.8) is 0 Å². The molecule has 2 aromatic carbocycles. The lowest BCUT2D eigenvalue weighted by Crippen LogP contribution is -2.48. The molecule has 7 heteroatoms. The summed E-state index contributed by atoms with van der Waals surface area (Å²) in [6, 6.07) is 17.3. The molecule has 1 fully saturated rings. The van der Waals surface area contributed by atoms with E-state index in [0.29, 0.717) is 18.3 Å². The zero-order valence-corrected chi connectivity index (χ0v) is 18.2. The van der Waals surface area contributed by atoms with Crippen LogP contribution >= 0.6 is 0 Å². The Hall–Kier alpha value is -3.45. The lowest BCUT2D eigenvalue weighted by molar-refractivity contribution is 0.0877. The van der Waals surface area contributed by atoms with E-state index in [9.17, 15) is 4.79 Å². The molecule has 32 heavy (non-hydrogen) atoms. The van der Waals surface area contributed by atoms with Crippen LogP contribution in [-0.2, 0) is 4.74 Å². The molecule has 2 atom stereocenters. The van der Waals surface area contributed by atoms with Gasteiger partial charge in [0.15, 0.2) is 0 Å². The minimum Gasteiger partial charge on any atom is -0.376 e. The summed E-state index contributed by atoms with van der Waals surface area (Å²) < 4.78 is 11.5. The Morgan fingerprint density at radius 2 is 1.88 bits per heavy atom. The minimum atomic E-state index is -0.382. The monoisotopic (exact) mass is 430 g/mol. The molecule has 0 bridgehead atoms. The van der Waals surface area contributed by atoms with E-state index in [2.05, 4.69) is 10.5 Å². The van der Waals surface area contributed by atoms with Crippen molar-refractivity contribution in [2.24, 2.45) is 0 Å². The zero-order valence-electron chi connectivity index (χ0n) is 18.2. The molecule has 3 aromatic rings. The summed E-state index contributed by atoms with van der Waals surface area (Å²) in [6.45, 7) is 5.22. The SMILES string of the molecule is CC1=C(c2nc(-c3ccccc3)no2)C(c2ccc(C)cc2)NC(=O)N1CC1CCCO1. The number of allylic oxidation sites excluding steroid dienone is 1. The molecule has 0 saturated carbocycles. The maximum atomic E-state index is 13.1. The predicted octanol–water partition coefficient (Wildman–Crippen LogP) is 4.72. The molecule has 0 radical (unpaired) electrons. The first-order valence-electron chi connectivity index (χ1n) is 11.0. The van der Waals surface area contributed by atoms with Crippen LogP contribution in [0.4, 0.5) is 4.79 Å². The molecule has 164 valence electrons. The highest BCUT2D eigenvalue weighted by Crippen LogP contribution is 2.37. The van der Waals surface area contributed by atoms with E-state index in [4.69, 9.17) is 14.2 Å². The van der Waals surface area contributed by atoms with Gasteiger partial charge in [0.05, 0.1) is 24.3 Å². The number of hydrogen-bond acceptors (Lipinski definition) is 5. The lowest BCUT2D eigenvalue weighted by Gasteiger charge is -2.36. The number of carbonyl (C=O) groups is 1. The summed E-state index contributed by atoms with van der Waals surface area (Å²) in [6.07, 6.45) is 2.01. The first-order chi connectivity index (χ1) is 15.6. The fourth-order valence-electron chi connectivity index (χ4n) is 4.32. The van der Waals surface area contributed by atoms with Crippen molar-refractivity contribution in [1.29, 1.82) is 0 Å². The van der Waals surface area contributed by atoms with Crippen LogP contribution in [0.2, 0.25) is 0 Å². The van der Waals surface area contributed by atoms with Crippen LogP contribution in [0.25, 0.3) is 17.0 Å². The van der Waals surface area contributed by atoms with Gasteiger partial charge in [-0.1, -0.05) is 65.3 Å². The van der Waals surface area contributed by atoms with Gasteiger partial charge in [-0.2, -0.15) is 4.98 Å². The molecular weight excluding hydrogens is 404 g/mol. The molecule has 1 N–H and O–H groups in total. The second kappa shape index (κ2) is 8.59. The first kappa shape index (κ1) is 20.5. The van der Waals surface area contributed by atoms with Gasteiger partial charge in [0, 0.05) is 17.9 Å². The summed E-state index contributed by atoms with van der Waals surface area (Å²) in [4.78, 5) is 19.5. The fraction of sp³-hybridized carbons (Fsp3) is 0.320. The molecule has 2 amide bonds. The fourth-order valence-corrected chi connectivity index (χ4v) is 4.32. The molecule has 2 aliphatic rings. The number of nitrogens with zero attached hydrogens (tertiary/aromatic N) is 3. The van der Waals surface area contributed by atoms with E-state index >= 15 is 0 Å². The van der Waals surface area contributed by atoms with Crippen LogP contribution in [0.15, 0.2) is 64.8 Å². The van der Waals surface area contributed by atoms with Gasteiger partial charge >= 0.3 is 6.03 Å². The second-order valence-electron chi connectivity index (χ2n) is 8.33. The van der Waals surface area contributed by atoms with Crippen LogP contribution in [-0.4, -0.2) is 40.3 Å². The quantitative estimate of drug-likeness (QED) is 0.633. The Morgan fingerprint density at radius 1 is 1.09 bits per heavy atom. The van der Waals surface area contributed by atoms with Crippen molar-refractivity contribution in [3.05, 3.63) is 77.3 Å². The minimum absolute atomic E-state index is 0.0374. The van der Waals surface area contributed by atoms with Crippen LogP contribution in [0.1, 0.15) is 42.8 Å². The number of rotatable bonds is 5. The van der Waals surface area contributed by atoms with Crippen molar-refractivity contribution in [2.75, 3.05) is 13.2 Å². The first-order valence-corrected chi connectivity index (χ1v) is 11.0. The molecule has 5 rings (SSSR count). The summed E-state index contributed by atoms with van der Waals surface area (Å²) in [5.41, 5.74) is 4.61. The summed E-state index contributed by atoms with van der Waals surface area (Å²) in [7, 11) is 0. The highest BCUT2D eigenvalue weighted by atomic mass is 16.5. The topological polar surface area (TPSA) is 80.5 Å². The molecule has 1 aromatic heterocycles. The maximum Gasteiger partial charge on any atom is 0.322 e. The lowest BCUT2D eigenvalue weighted by atomic mass is 9.94. The van der Waals surface area contributed by atoms with Crippen molar-refractivity contribution < 1.29 is 14.1 Å². The van der Waals surface area contributed by atoms with Crippen molar-refractivity contribution in [2.45, 2.75) is 38.8 Å². The van der Waals surface area contributed by atoms with E-state index in [-0.39, 0.29) is 18.2 Å². The number of nitrogens with one attached hydrogen (secondary N) is 1. The third-order valence-electron chi connectivity index (χ3n) is 6.11. The average Bonchev–Trinajstić information content (AvgIpc) is 3.50. The van der Waals surface area contributed by atoms with E-state index in [1.165, 1.54) is 0 Å². The summed E-state index contributed by atoms with van der Waals surface area (Å²) in [5.74, 6) is 0.926. The number of aromatic nitrogens is 2. The van der Waals surface area contributed by atoms with E-state index in [1.807, 2.05) is 68.4 Å². The Kier molecular flexibility index (Phi) is 5.49. The zero-order chi connectivity index (χ0) is 22.1. The van der Waals surface area contributed by atoms with Crippen LogP contribution in [0.3, 0.4) is 0 Å². The number of amides is 2. The van der Waals surface area contributed by atoms with Gasteiger partial charge in [0.1, 0.15) is 0 Å². The van der Waals surface area contributed by atoms with Crippen molar-refractivity contribution in [3.8, 4) is 11.4 Å². The molecule has 7 nitrogen and oxygen atoms in total. The van der Waals surface area contributed by atoms with Gasteiger partial charge in [-0.15, -0.1) is 0 Å². The van der Waals surface area contributed by atoms with Crippen LogP contribution in [0, 0.1) is 6.92 Å². The van der Waals surface area contributed by atoms with Gasteiger partial charge < -0.3 is 14.6 Å². The summed E-state index contributed by atoms with van der Waals surface area (Å²) >= 11 is 0. The van der Waals surface area contributed by atoms with Crippen molar-refractivity contribution >= 4 is 11.6 Å². The molecule has 2 aliphatic heterocycles. The van der Waals surface area contributed by atoms with Crippen molar-refractivity contribution in [1.82, 2.24) is 20.4 Å². The van der Waals surface area contributed by atoms with E-state index in [1.54, 1.807) is 4.90 Å². The standard InChI is InChI=1S/C25H26N4O3/c1-16-10-12-18(13-11-16)22-21(24-27-23(28-32-24)19-7-4-3-5-8-19)17(2)29(25(30)26-22)15-20-9-6-14-31-20/h3-5,7-8,10-13,20,22H,6,9,14-15H2,1-2H3,(H,26,30). The maximum absolute atomic E-state index is 13.1. The van der Waals surface area contributed by atoms with Gasteiger partial charge in [-0.3, -0.25) is 4.90 Å². The number of carbonyl (C=O) groups excluding carboxylic acids is 1. The number of ether oxygens (including phenoxy) is 1. The number of aryl methyl sites for hydroxylation is 1. The molecule has 1 saturated heterocycles. The molecule has 2 unspecified atom stereocenters. The molecular formula is C25H26N4O3. The van der Waals surface area contributed by atoms with Crippen LogP contribution < -0.4 is 5.32 Å². The smallest absolute Gasteiger partial charge is 0.322 e. The van der Waals surface area contributed by atoms with Gasteiger partial charge in [0.25, 0.3) is 5.89 Å². The Morgan fingerprint density at radius 3 is 2.59 bits per heavy atom. The molecule has 0 spiro atoms. The highest BCUT2D eigenvalue weighted by molar-refractivity contribution is 5.87. The van der Waals surface area contributed by atoms with Gasteiger partial charge in [0.2, 0.25) is 5.82 Å². The number of hydrogen-bond donors (Lipinski definition) is 1. The van der Waals surface area contributed by atoms with Gasteiger partial charge in [-0.05, 0) is 32.3 Å². The third-order valence-corrected chi connectivity index (χ3v) is 6.11. The van der Waals surface area contributed by atoms with Gasteiger partial charge in [-0.25, -0.2) is 4.79 Å². The normalized spacial score (nSPS) is 21.2. The number of urea groups is 1. The molecule has 0 aliphatic carbocycles. The molecule has 3 heterocycles. The Bertz CT molecular complexity index is 1130. The highest BCUT2D eigenvalue weighted by Gasteiger charge is 2.37. The van der Waals surface area contributed by atoms with Crippen LogP contribution in [0.5, 0.6) is 0 Å². The Balaban J connectivity index is 1.57. The summed E-state index contributed by atoms with van der Waals surface area (Å²) in [5, 5.41) is 7.36. The second-order valence-corrected chi connectivity index (χ2v) is 8.33.